The van der Waals surface area contributed by atoms with Crippen LogP contribution in [0.15, 0.2) is 53.3 Å². The number of aromatic nitrogens is 5. The van der Waals surface area contributed by atoms with Crippen molar-refractivity contribution in [2.24, 2.45) is 5.92 Å². The molecule has 9 heteroatoms. The van der Waals surface area contributed by atoms with Crippen molar-refractivity contribution < 1.29 is 9.47 Å². The zero-order valence-corrected chi connectivity index (χ0v) is 20.3. The number of piperidine rings is 1. The van der Waals surface area contributed by atoms with Crippen LogP contribution in [0.5, 0.6) is 11.5 Å². The lowest BCUT2D eigenvalue weighted by molar-refractivity contribution is 0.141. The van der Waals surface area contributed by atoms with E-state index in [4.69, 9.17) is 9.47 Å². The van der Waals surface area contributed by atoms with Crippen molar-refractivity contribution in [3.8, 4) is 11.5 Å². The lowest BCUT2D eigenvalue weighted by Gasteiger charge is -2.36. The summed E-state index contributed by atoms with van der Waals surface area (Å²) < 4.78 is 12.4. The standard InChI is InChI=1S/C26H30N6O3/c1-17-5-4-12-31(15-17)24(22-13-19-8-11-21(35-3)14-23(19)27-26(22)33)25-28-29-30-32(25)16-18-6-9-20(34-2)10-7-18/h6-11,13-14,17,24H,4-5,12,15-16H2,1-3H3,(H,27,33)/t17-,24+/m0/s1. The van der Waals surface area contributed by atoms with E-state index in [0.29, 0.717) is 29.6 Å². The Bertz CT molecular complexity index is 1360. The highest BCUT2D eigenvalue weighted by Gasteiger charge is 2.32. The molecule has 1 fully saturated rings. The van der Waals surface area contributed by atoms with E-state index in [0.717, 1.165) is 41.7 Å². The van der Waals surface area contributed by atoms with E-state index in [1.807, 2.05) is 48.5 Å². The number of hydrogen-bond donors (Lipinski definition) is 1. The van der Waals surface area contributed by atoms with E-state index in [9.17, 15) is 4.79 Å². The zero-order valence-electron chi connectivity index (χ0n) is 20.3. The van der Waals surface area contributed by atoms with Crippen molar-refractivity contribution in [2.75, 3.05) is 27.3 Å². The molecule has 182 valence electrons. The van der Waals surface area contributed by atoms with Crippen molar-refractivity contribution in [1.29, 1.82) is 0 Å². The number of nitrogens with zero attached hydrogens (tertiary/aromatic N) is 5. The van der Waals surface area contributed by atoms with Crippen molar-refractivity contribution in [3.63, 3.8) is 0 Å². The highest BCUT2D eigenvalue weighted by Crippen LogP contribution is 2.31. The lowest BCUT2D eigenvalue weighted by Crippen LogP contribution is -2.41. The third kappa shape index (κ3) is 4.77. The van der Waals surface area contributed by atoms with E-state index in [1.165, 1.54) is 6.42 Å². The van der Waals surface area contributed by atoms with Crippen LogP contribution in [-0.2, 0) is 6.54 Å². The van der Waals surface area contributed by atoms with Crippen LogP contribution in [0.2, 0.25) is 0 Å². The molecule has 0 bridgehead atoms. The van der Waals surface area contributed by atoms with Crippen LogP contribution in [0.1, 0.15) is 42.8 Å². The summed E-state index contributed by atoms with van der Waals surface area (Å²) in [6.45, 7) is 4.50. The Morgan fingerprint density at radius 1 is 1.09 bits per heavy atom. The number of fused-ring (bicyclic) bond motifs is 1. The van der Waals surface area contributed by atoms with Gasteiger partial charge in [-0.05, 0) is 77.0 Å². The summed E-state index contributed by atoms with van der Waals surface area (Å²) in [7, 11) is 3.26. The Balaban J connectivity index is 1.58. The number of nitrogens with one attached hydrogen (secondary N) is 1. The van der Waals surface area contributed by atoms with E-state index in [1.54, 1.807) is 18.9 Å². The molecule has 35 heavy (non-hydrogen) atoms. The predicted octanol–water partition coefficient (Wildman–Crippen LogP) is 3.40. The average molecular weight is 475 g/mol. The van der Waals surface area contributed by atoms with E-state index < -0.39 is 0 Å². The second-order valence-corrected chi connectivity index (χ2v) is 9.19. The van der Waals surface area contributed by atoms with Gasteiger partial charge in [0.25, 0.3) is 5.56 Å². The largest absolute Gasteiger partial charge is 0.497 e. The van der Waals surface area contributed by atoms with Crippen LogP contribution in [0, 0.1) is 5.92 Å². The number of hydrogen-bond acceptors (Lipinski definition) is 7. The van der Waals surface area contributed by atoms with Gasteiger partial charge in [-0.25, -0.2) is 4.68 Å². The van der Waals surface area contributed by atoms with Gasteiger partial charge in [0.2, 0.25) is 0 Å². The number of benzene rings is 2. The van der Waals surface area contributed by atoms with Gasteiger partial charge < -0.3 is 14.5 Å². The SMILES string of the molecule is COc1ccc(Cn2nnnc2[C@@H](c2cc3ccc(OC)cc3[nH]c2=O)N2CCC[C@H](C)C2)cc1. The van der Waals surface area contributed by atoms with Gasteiger partial charge >= 0.3 is 0 Å². The number of methoxy groups -OCH3 is 2. The third-order valence-corrected chi connectivity index (χ3v) is 6.73. The molecule has 0 saturated carbocycles. The minimum atomic E-state index is -0.360. The molecule has 2 aromatic carbocycles. The average Bonchev–Trinajstić information content (AvgIpc) is 3.32. The zero-order chi connectivity index (χ0) is 24.4. The first-order valence-electron chi connectivity index (χ1n) is 11.9. The first-order valence-corrected chi connectivity index (χ1v) is 11.9. The molecule has 1 N–H and O–H groups in total. The Hall–Kier alpha value is -3.72. The molecule has 0 aliphatic carbocycles. The summed E-state index contributed by atoms with van der Waals surface area (Å²) in [4.78, 5) is 18.8. The molecule has 0 spiro atoms. The van der Waals surface area contributed by atoms with Gasteiger partial charge in [0.05, 0.1) is 26.3 Å². The third-order valence-electron chi connectivity index (χ3n) is 6.73. The van der Waals surface area contributed by atoms with E-state index in [-0.39, 0.29) is 11.6 Å². The van der Waals surface area contributed by atoms with Crippen molar-refractivity contribution in [2.45, 2.75) is 32.4 Å². The number of H-pyrrole nitrogens is 1. The van der Waals surface area contributed by atoms with Gasteiger partial charge in [-0.3, -0.25) is 9.69 Å². The fraction of sp³-hybridized carbons (Fsp3) is 0.385. The maximum Gasteiger partial charge on any atom is 0.253 e. The van der Waals surface area contributed by atoms with Crippen molar-refractivity contribution in [1.82, 2.24) is 30.1 Å². The molecule has 2 aromatic heterocycles. The first-order chi connectivity index (χ1) is 17.1. The van der Waals surface area contributed by atoms with Gasteiger partial charge in [0, 0.05) is 18.2 Å². The monoisotopic (exact) mass is 474 g/mol. The Labute approximate surface area is 203 Å². The van der Waals surface area contributed by atoms with Gasteiger partial charge in [-0.1, -0.05) is 19.1 Å². The molecular weight excluding hydrogens is 444 g/mol. The van der Waals surface area contributed by atoms with Crippen LogP contribution >= 0.6 is 0 Å². The van der Waals surface area contributed by atoms with Crippen LogP contribution in [0.25, 0.3) is 10.9 Å². The molecule has 0 amide bonds. The number of aromatic amines is 1. The first kappa shape index (κ1) is 23.0. The molecule has 1 aliphatic heterocycles. The molecule has 1 aliphatic rings. The number of rotatable bonds is 7. The van der Waals surface area contributed by atoms with Crippen LogP contribution in [0.4, 0.5) is 0 Å². The van der Waals surface area contributed by atoms with Gasteiger partial charge in [-0.2, -0.15) is 0 Å². The van der Waals surface area contributed by atoms with E-state index >= 15 is 0 Å². The summed E-state index contributed by atoms with van der Waals surface area (Å²) in [5.74, 6) is 2.69. The molecular formula is C26H30N6O3. The van der Waals surface area contributed by atoms with Crippen molar-refractivity contribution in [3.05, 3.63) is 75.8 Å². The molecule has 0 unspecified atom stereocenters. The lowest BCUT2D eigenvalue weighted by atomic mass is 9.95. The number of pyridine rings is 1. The van der Waals surface area contributed by atoms with Gasteiger partial charge in [-0.15, -0.1) is 5.10 Å². The summed E-state index contributed by atoms with van der Waals surface area (Å²) in [5, 5.41) is 13.7. The highest BCUT2D eigenvalue weighted by atomic mass is 16.5. The highest BCUT2D eigenvalue weighted by molar-refractivity contribution is 5.80. The second kappa shape index (κ2) is 9.87. The van der Waals surface area contributed by atoms with Crippen LogP contribution < -0.4 is 15.0 Å². The number of likely N-dealkylation sites (tertiary alicyclic amines) is 1. The molecule has 2 atom stereocenters. The van der Waals surface area contributed by atoms with Gasteiger partial charge in [0.15, 0.2) is 5.82 Å². The smallest absolute Gasteiger partial charge is 0.253 e. The summed E-state index contributed by atoms with van der Waals surface area (Å²) in [5.41, 5.74) is 2.28. The molecule has 4 aromatic rings. The predicted molar refractivity (Wildman–Crippen MR) is 133 cm³/mol. The maximum absolute atomic E-state index is 13.4. The maximum atomic E-state index is 13.4. The minimum absolute atomic E-state index is 0.145. The van der Waals surface area contributed by atoms with Crippen molar-refractivity contribution >= 4 is 10.9 Å². The molecule has 5 rings (SSSR count). The Morgan fingerprint density at radius 3 is 2.60 bits per heavy atom. The quantitative estimate of drug-likeness (QED) is 0.438. The van der Waals surface area contributed by atoms with E-state index in [2.05, 4.69) is 32.3 Å². The minimum Gasteiger partial charge on any atom is -0.497 e. The molecule has 0 radical (unpaired) electrons. The molecule has 3 heterocycles. The topological polar surface area (TPSA) is 98.2 Å². The summed E-state index contributed by atoms with van der Waals surface area (Å²) in [6, 6.07) is 15.1. The Morgan fingerprint density at radius 2 is 1.86 bits per heavy atom. The van der Waals surface area contributed by atoms with Gasteiger partial charge in [0.1, 0.15) is 17.5 Å². The fourth-order valence-electron chi connectivity index (χ4n) is 4.91. The summed E-state index contributed by atoms with van der Waals surface area (Å²) >= 11 is 0. The second-order valence-electron chi connectivity index (χ2n) is 9.19. The van der Waals surface area contributed by atoms with Crippen LogP contribution in [-0.4, -0.2) is 57.4 Å². The number of ether oxygens (including phenoxy) is 2. The normalized spacial score (nSPS) is 17.4. The fourth-order valence-corrected chi connectivity index (χ4v) is 4.91. The molecule has 1 saturated heterocycles. The molecule has 9 nitrogen and oxygen atoms in total. The Kier molecular flexibility index (Phi) is 6.50. The van der Waals surface area contributed by atoms with Crippen LogP contribution in [0.3, 0.4) is 0 Å². The number of tetrazole rings is 1. The summed E-state index contributed by atoms with van der Waals surface area (Å²) in [6.07, 6.45) is 2.24.